The highest BCUT2D eigenvalue weighted by Crippen LogP contribution is 2.22. The molecule has 0 fully saturated rings. The number of aromatic carboxylic acids is 1. The molecule has 4 heteroatoms. The number of aryl methyl sites for hydroxylation is 1. The van der Waals surface area contributed by atoms with Crippen LogP contribution in [0.2, 0.25) is 0 Å². The highest BCUT2D eigenvalue weighted by atomic mass is 16.4. The second-order valence-corrected chi connectivity index (χ2v) is 3.78. The number of rotatable bonds is 3. The first-order valence-corrected chi connectivity index (χ1v) is 5.16. The first kappa shape index (κ1) is 10.7. The molecule has 1 heterocycles. The van der Waals surface area contributed by atoms with Gasteiger partial charge in [-0.05, 0) is 25.1 Å². The molecule has 1 aromatic carbocycles. The van der Waals surface area contributed by atoms with E-state index < -0.39 is 5.97 Å². The molecule has 2 rings (SSSR count). The summed E-state index contributed by atoms with van der Waals surface area (Å²) in [6, 6.07) is 7.30. The Labute approximate surface area is 93.3 Å². The van der Waals surface area contributed by atoms with Gasteiger partial charge in [0.05, 0.1) is 11.1 Å². The number of carboxylic acids is 1. The third kappa shape index (κ3) is 1.57. The van der Waals surface area contributed by atoms with Gasteiger partial charge in [-0.15, -0.1) is 0 Å². The number of nitrogens with zero attached hydrogens (tertiary/aromatic N) is 1. The molecular formula is C12H14N2O2. The van der Waals surface area contributed by atoms with Gasteiger partial charge in [0, 0.05) is 18.1 Å². The van der Waals surface area contributed by atoms with Gasteiger partial charge in [0.15, 0.2) is 0 Å². The minimum atomic E-state index is -0.897. The third-order valence-corrected chi connectivity index (χ3v) is 2.79. The smallest absolute Gasteiger partial charge is 0.337 e. The van der Waals surface area contributed by atoms with Crippen LogP contribution in [0.4, 0.5) is 0 Å². The maximum Gasteiger partial charge on any atom is 0.337 e. The Morgan fingerprint density at radius 3 is 2.88 bits per heavy atom. The van der Waals surface area contributed by atoms with Crippen LogP contribution >= 0.6 is 0 Å². The van der Waals surface area contributed by atoms with Crippen molar-refractivity contribution in [2.75, 3.05) is 6.54 Å². The fourth-order valence-corrected chi connectivity index (χ4v) is 2.03. The number of para-hydroxylation sites is 1. The largest absolute Gasteiger partial charge is 0.478 e. The molecule has 84 valence electrons. The van der Waals surface area contributed by atoms with Crippen molar-refractivity contribution in [3.8, 4) is 0 Å². The minimum Gasteiger partial charge on any atom is -0.478 e. The van der Waals surface area contributed by atoms with Crippen LogP contribution in [0.25, 0.3) is 10.9 Å². The van der Waals surface area contributed by atoms with Gasteiger partial charge < -0.3 is 15.4 Å². The molecule has 0 radical (unpaired) electrons. The van der Waals surface area contributed by atoms with Crippen LogP contribution in [0.5, 0.6) is 0 Å². The number of carbonyl (C=O) groups is 1. The summed E-state index contributed by atoms with van der Waals surface area (Å²) < 4.78 is 1.91. The minimum absolute atomic E-state index is 0.336. The Bertz CT molecular complexity index is 543. The lowest BCUT2D eigenvalue weighted by atomic mass is 10.1. The molecular weight excluding hydrogens is 204 g/mol. The average molecular weight is 218 g/mol. The van der Waals surface area contributed by atoms with Crippen LogP contribution in [-0.2, 0) is 13.5 Å². The second kappa shape index (κ2) is 3.98. The maximum atomic E-state index is 11.1. The van der Waals surface area contributed by atoms with E-state index >= 15 is 0 Å². The van der Waals surface area contributed by atoms with Crippen molar-refractivity contribution in [2.45, 2.75) is 6.42 Å². The molecule has 0 unspecified atom stereocenters. The topological polar surface area (TPSA) is 68.2 Å². The summed E-state index contributed by atoms with van der Waals surface area (Å²) in [4.78, 5) is 11.1. The van der Waals surface area contributed by atoms with E-state index in [9.17, 15) is 4.79 Å². The summed E-state index contributed by atoms with van der Waals surface area (Å²) >= 11 is 0. The van der Waals surface area contributed by atoms with Gasteiger partial charge in [-0.2, -0.15) is 0 Å². The molecule has 4 nitrogen and oxygen atoms in total. The van der Waals surface area contributed by atoms with Crippen LogP contribution < -0.4 is 5.73 Å². The maximum absolute atomic E-state index is 11.1. The second-order valence-electron chi connectivity index (χ2n) is 3.78. The van der Waals surface area contributed by atoms with E-state index in [-0.39, 0.29) is 0 Å². The highest BCUT2D eigenvalue weighted by Gasteiger charge is 2.13. The van der Waals surface area contributed by atoms with E-state index in [0.29, 0.717) is 12.1 Å². The van der Waals surface area contributed by atoms with Gasteiger partial charge in [-0.25, -0.2) is 4.79 Å². The van der Waals surface area contributed by atoms with E-state index in [1.54, 1.807) is 12.1 Å². The molecule has 0 spiro atoms. The van der Waals surface area contributed by atoms with Gasteiger partial charge in [0.25, 0.3) is 0 Å². The average Bonchev–Trinajstić information content (AvgIpc) is 2.57. The number of hydrogen-bond donors (Lipinski definition) is 2. The standard InChI is InChI=1S/C12H14N2O2/c1-14-9(5-6-13)7-8-3-2-4-10(11(8)14)12(15)16/h2-4,7H,5-6,13H2,1H3,(H,15,16). The Morgan fingerprint density at radius 2 is 2.25 bits per heavy atom. The van der Waals surface area contributed by atoms with Crippen molar-refractivity contribution in [3.05, 3.63) is 35.5 Å². The number of carboxylic acid groups (broad SMARTS) is 1. The van der Waals surface area contributed by atoms with Crippen molar-refractivity contribution in [1.82, 2.24) is 4.57 Å². The zero-order valence-corrected chi connectivity index (χ0v) is 9.10. The zero-order valence-electron chi connectivity index (χ0n) is 9.10. The molecule has 0 saturated heterocycles. The SMILES string of the molecule is Cn1c(CCN)cc2cccc(C(=O)O)c21. The predicted molar refractivity (Wildman–Crippen MR) is 62.6 cm³/mol. The van der Waals surface area contributed by atoms with Gasteiger partial charge >= 0.3 is 5.97 Å². The van der Waals surface area contributed by atoms with E-state index in [4.69, 9.17) is 10.8 Å². The molecule has 2 aromatic rings. The van der Waals surface area contributed by atoms with Gasteiger partial charge in [-0.1, -0.05) is 12.1 Å². The van der Waals surface area contributed by atoms with Crippen molar-refractivity contribution in [1.29, 1.82) is 0 Å². The first-order valence-electron chi connectivity index (χ1n) is 5.16. The quantitative estimate of drug-likeness (QED) is 0.817. The lowest BCUT2D eigenvalue weighted by molar-refractivity contribution is 0.0698. The Hall–Kier alpha value is -1.81. The van der Waals surface area contributed by atoms with Crippen LogP contribution in [0, 0.1) is 0 Å². The zero-order chi connectivity index (χ0) is 11.7. The summed E-state index contributed by atoms with van der Waals surface area (Å²) in [5.74, 6) is -0.897. The van der Waals surface area contributed by atoms with Crippen LogP contribution in [0.3, 0.4) is 0 Å². The Morgan fingerprint density at radius 1 is 1.50 bits per heavy atom. The van der Waals surface area contributed by atoms with Crippen LogP contribution in [-0.4, -0.2) is 22.2 Å². The van der Waals surface area contributed by atoms with Crippen LogP contribution in [0.1, 0.15) is 16.1 Å². The number of hydrogen-bond acceptors (Lipinski definition) is 2. The third-order valence-electron chi connectivity index (χ3n) is 2.79. The number of fused-ring (bicyclic) bond motifs is 1. The molecule has 0 bridgehead atoms. The van der Waals surface area contributed by atoms with E-state index in [2.05, 4.69) is 0 Å². The molecule has 3 N–H and O–H groups in total. The summed E-state index contributed by atoms with van der Waals surface area (Å²) in [7, 11) is 1.87. The first-order chi connectivity index (χ1) is 7.65. The number of benzene rings is 1. The van der Waals surface area contributed by atoms with E-state index in [1.807, 2.05) is 23.7 Å². The monoisotopic (exact) mass is 218 g/mol. The Kier molecular flexibility index (Phi) is 2.66. The summed E-state index contributed by atoms with van der Waals surface area (Å²) in [5.41, 5.74) is 7.68. The summed E-state index contributed by atoms with van der Waals surface area (Å²) in [5, 5.41) is 10.1. The highest BCUT2D eigenvalue weighted by molar-refractivity contribution is 6.02. The molecule has 0 amide bonds. The van der Waals surface area contributed by atoms with E-state index in [1.165, 1.54) is 0 Å². The molecule has 0 aliphatic heterocycles. The molecule has 0 atom stereocenters. The predicted octanol–water partition coefficient (Wildman–Crippen LogP) is 1.38. The van der Waals surface area contributed by atoms with E-state index in [0.717, 1.165) is 23.0 Å². The number of nitrogens with two attached hydrogens (primary N) is 1. The fraction of sp³-hybridized carbons (Fsp3) is 0.250. The van der Waals surface area contributed by atoms with Crippen LogP contribution in [0.15, 0.2) is 24.3 Å². The summed E-state index contributed by atoms with van der Waals surface area (Å²) in [6.07, 6.45) is 0.754. The Balaban J connectivity index is 2.72. The molecule has 1 aromatic heterocycles. The van der Waals surface area contributed by atoms with Crippen molar-refractivity contribution < 1.29 is 9.90 Å². The summed E-state index contributed by atoms with van der Waals surface area (Å²) in [6.45, 7) is 0.562. The van der Waals surface area contributed by atoms with Crippen molar-refractivity contribution in [3.63, 3.8) is 0 Å². The van der Waals surface area contributed by atoms with Crippen molar-refractivity contribution >= 4 is 16.9 Å². The lowest BCUT2D eigenvalue weighted by Crippen LogP contribution is -2.07. The molecule has 16 heavy (non-hydrogen) atoms. The van der Waals surface area contributed by atoms with Gasteiger partial charge in [0.1, 0.15) is 0 Å². The lowest BCUT2D eigenvalue weighted by Gasteiger charge is -2.04. The van der Waals surface area contributed by atoms with Crippen molar-refractivity contribution in [2.24, 2.45) is 12.8 Å². The van der Waals surface area contributed by atoms with Gasteiger partial charge in [0.2, 0.25) is 0 Å². The van der Waals surface area contributed by atoms with Gasteiger partial charge in [-0.3, -0.25) is 0 Å². The molecule has 0 aliphatic carbocycles. The normalized spacial score (nSPS) is 10.9. The number of aromatic nitrogens is 1. The molecule has 0 aliphatic rings. The molecule has 0 saturated carbocycles. The fourth-order valence-electron chi connectivity index (χ4n) is 2.03.